The van der Waals surface area contributed by atoms with Gasteiger partial charge in [-0.05, 0) is 36.4 Å². The third-order valence-corrected chi connectivity index (χ3v) is 4.95. The van der Waals surface area contributed by atoms with Crippen molar-refractivity contribution >= 4 is 11.6 Å². The van der Waals surface area contributed by atoms with Crippen molar-refractivity contribution in [1.82, 2.24) is 4.98 Å². The summed E-state index contributed by atoms with van der Waals surface area (Å²) in [6.07, 6.45) is 0.0119. The fraction of sp³-hybridized carbons (Fsp3) is 0.200. The Bertz CT molecular complexity index is 1200. The number of nitriles is 1. The molecule has 32 heavy (non-hydrogen) atoms. The largest absolute Gasteiger partial charge is 0.494 e. The first-order chi connectivity index (χ1) is 15.5. The van der Waals surface area contributed by atoms with Crippen LogP contribution in [0.2, 0.25) is 0 Å². The highest BCUT2D eigenvalue weighted by Crippen LogP contribution is 2.31. The van der Waals surface area contributed by atoms with E-state index in [0.717, 1.165) is 0 Å². The molecule has 0 aliphatic carbocycles. The SMILES string of the molecule is COc1ccc(C(=O)CCC(=O)c2ccc(OC)c(-c3ccccc3C#N)n2)cc1OC. The number of carbonyl (C=O) groups excluding carboxylic acids is 2. The molecule has 0 atom stereocenters. The van der Waals surface area contributed by atoms with Crippen molar-refractivity contribution in [3.63, 3.8) is 0 Å². The molecule has 0 saturated carbocycles. The summed E-state index contributed by atoms with van der Waals surface area (Å²) in [5, 5.41) is 9.41. The van der Waals surface area contributed by atoms with Gasteiger partial charge in [0, 0.05) is 24.0 Å². The second kappa shape index (κ2) is 10.2. The molecule has 7 heteroatoms. The fourth-order valence-electron chi connectivity index (χ4n) is 3.26. The normalized spacial score (nSPS) is 10.2. The average molecular weight is 430 g/mol. The molecule has 0 radical (unpaired) electrons. The van der Waals surface area contributed by atoms with Gasteiger partial charge in [-0.15, -0.1) is 0 Å². The zero-order valence-corrected chi connectivity index (χ0v) is 18.0. The summed E-state index contributed by atoms with van der Waals surface area (Å²) in [4.78, 5) is 29.8. The molecule has 0 unspecified atom stereocenters. The van der Waals surface area contributed by atoms with Crippen LogP contribution in [0, 0.1) is 11.3 Å². The molecule has 1 heterocycles. The van der Waals surface area contributed by atoms with Crippen LogP contribution >= 0.6 is 0 Å². The first kappa shape index (κ1) is 22.5. The summed E-state index contributed by atoms with van der Waals surface area (Å²) >= 11 is 0. The Morgan fingerprint density at radius 2 is 1.50 bits per heavy atom. The van der Waals surface area contributed by atoms with Crippen LogP contribution in [0.15, 0.2) is 54.6 Å². The number of ketones is 2. The Labute approximate surface area is 186 Å². The highest BCUT2D eigenvalue weighted by molar-refractivity contribution is 6.02. The number of benzene rings is 2. The third kappa shape index (κ3) is 4.76. The lowest BCUT2D eigenvalue weighted by molar-refractivity contribution is 0.0915. The zero-order chi connectivity index (χ0) is 23.1. The van der Waals surface area contributed by atoms with E-state index in [4.69, 9.17) is 14.2 Å². The summed E-state index contributed by atoms with van der Waals surface area (Å²) < 4.78 is 15.8. The van der Waals surface area contributed by atoms with Crippen LogP contribution in [0.3, 0.4) is 0 Å². The van der Waals surface area contributed by atoms with E-state index in [2.05, 4.69) is 11.1 Å². The molecule has 1 aromatic heterocycles. The topological polar surface area (TPSA) is 98.5 Å². The van der Waals surface area contributed by atoms with Gasteiger partial charge in [-0.25, -0.2) is 4.98 Å². The average Bonchev–Trinajstić information content (AvgIpc) is 2.85. The molecule has 162 valence electrons. The summed E-state index contributed by atoms with van der Waals surface area (Å²) in [5.41, 5.74) is 2.03. The van der Waals surface area contributed by atoms with Gasteiger partial charge in [0.25, 0.3) is 0 Å². The van der Waals surface area contributed by atoms with Crippen LogP contribution in [0.4, 0.5) is 0 Å². The van der Waals surface area contributed by atoms with Crippen molar-refractivity contribution in [2.45, 2.75) is 12.8 Å². The van der Waals surface area contributed by atoms with Crippen molar-refractivity contribution in [3.05, 3.63) is 71.4 Å². The van der Waals surface area contributed by atoms with Crippen molar-refractivity contribution in [2.24, 2.45) is 0 Å². The van der Waals surface area contributed by atoms with Gasteiger partial charge in [0.2, 0.25) is 0 Å². The minimum atomic E-state index is -0.280. The van der Waals surface area contributed by atoms with E-state index in [1.165, 1.54) is 21.3 Å². The van der Waals surface area contributed by atoms with E-state index in [1.54, 1.807) is 54.6 Å². The number of methoxy groups -OCH3 is 3. The molecular weight excluding hydrogens is 408 g/mol. The molecule has 3 rings (SSSR count). The highest BCUT2D eigenvalue weighted by atomic mass is 16.5. The molecule has 7 nitrogen and oxygen atoms in total. The highest BCUT2D eigenvalue weighted by Gasteiger charge is 2.18. The molecule has 0 aliphatic heterocycles. The van der Waals surface area contributed by atoms with E-state index in [-0.39, 0.29) is 30.1 Å². The Morgan fingerprint density at radius 3 is 2.19 bits per heavy atom. The number of ether oxygens (including phenoxy) is 3. The minimum Gasteiger partial charge on any atom is -0.494 e. The molecule has 0 fully saturated rings. The summed E-state index contributed by atoms with van der Waals surface area (Å²) in [5.74, 6) is 0.945. The smallest absolute Gasteiger partial charge is 0.181 e. The first-order valence-electron chi connectivity index (χ1n) is 9.85. The number of carbonyl (C=O) groups is 2. The predicted octanol–water partition coefficient (Wildman–Crippen LogP) is 4.49. The minimum absolute atomic E-state index is 0.00809. The molecule has 3 aromatic rings. The van der Waals surface area contributed by atoms with Gasteiger partial charge in [0.15, 0.2) is 23.1 Å². The lowest BCUT2D eigenvalue weighted by Crippen LogP contribution is -2.08. The number of hydrogen-bond acceptors (Lipinski definition) is 7. The number of nitrogens with zero attached hydrogens (tertiary/aromatic N) is 2. The van der Waals surface area contributed by atoms with E-state index >= 15 is 0 Å². The maximum atomic E-state index is 12.8. The summed E-state index contributed by atoms with van der Waals surface area (Å²) in [6.45, 7) is 0. The van der Waals surface area contributed by atoms with Gasteiger partial charge in [0.1, 0.15) is 17.1 Å². The van der Waals surface area contributed by atoms with Crippen LogP contribution < -0.4 is 14.2 Å². The zero-order valence-electron chi connectivity index (χ0n) is 18.0. The molecule has 0 spiro atoms. The molecule has 0 N–H and O–H groups in total. The van der Waals surface area contributed by atoms with Gasteiger partial charge < -0.3 is 14.2 Å². The van der Waals surface area contributed by atoms with Crippen molar-refractivity contribution in [3.8, 4) is 34.6 Å². The molecule has 0 aliphatic rings. The van der Waals surface area contributed by atoms with Crippen molar-refractivity contribution < 1.29 is 23.8 Å². The number of rotatable bonds is 9. The lowest BCUT2D eigenvalue weighted by atomic mass is 10.0. The maximum Gasteiger partial charge on any atom is 0.181 e. The standard InChI is InChI=1S/C25H22N2O5/c1-30-22-12-8-16(14-24(22)32-3)20(28)10-11-21(29)19-9-13-23(31-2)25(27-19)18-7-5-4-6-17(18)15-26/h4-9,12-14H,10-11H2,1-3H3. The number of pyridine rings is 1. The van der Waals surface area contributed by atoms with Gasteiger partial charge >= 0.3 is 0 Å². The number of Topliss-reactive ketones (excluding diaryl/α,β-unsaturated/α-hetero) is 2. The molecule has 0 amide bonds. The van der Waals surface area contributed by atoms with E-state index in [9.17, 15) is 14.9 Å². The lowest BCUT2D eigenvalue weighted by Gasteiger charge is -2.11. The van der Waals surface area contributed by atoms with Crippen LogP contribution in [0.5, 0.6) is 17.2 Å². The summed E-state index contributed by atoms with van der Waals surface area (Å²) in [7, 11) is 4.51. The van der Waals surface area contributed by atoms with Crippen LogP contribution in [-0.2, 0) is 0 Å². The monoisotopic (exact) mass is 430 g/mol. The Kier molecular flexibility index (Phi) is 7.19. The molecular formula is C25H22N2O5. The van der Waals surface area contributed by atoms with Crippen molar-refractivity contribution in [1.29, 1.82) is 5.26 Å². The molecule has 0 saturated heterocycles. The van der Waals surface area contributed by atoms with E-state index in [1.807, 2.05) is 0 Å². The third-order valence-electron chi connectivity index (χ3n) is 4.95. The quantitative estimate of drug-likeness (QED) is 0.461. The number of hydrogen-bond donors (Lipinski definition) is 0. The van der Waals surface area contributed by atoms with E-state index in [0.29, 0.717) is 39.6 Å². The second-order valence-electron chi connectivity index (χ2n) is 6.82. The molecule has 2 aromatic carbocycles. The fourth-order valence-corrected chi connectivity index (χ4v) is 3.26. The Balaban J connectivity index is 1.80. The van der Waals surface area contributed by atoms with Gasteiger partial charge in [-0.1, -0.05) is 18.2 Å². The number of aromatic nitrogens is 1. The van der Waals surface area contributed by atoms with E-state index < -0.39 is 0 Å². The van der Waals surface area contributed by atoms with Gasteiger partial charge in [-0.2, -0.15) is 5.26 Å². The maximum absolute atomic E-state index is 12.8. The van der Waals surface area contributed by atoms with Gasteiger partial charge in [0.05, 0.1) is 33.0 Å². The second-order valence-corrected chi connectivity index (χ2v) is 6.82. The Hall–Kier alpha value is -4.18. The first-order valence-corrected chi connectivity index (χ1v) is 9.85. The van der Waals surface area contributed by atoms with Crippen molar-refractivity contribution in [2.75, 3.05) is 21.3 Å². The van der Waals surface area contributed by atoms with Crippen LogP contribution in [0.25, 0.3) is 11.3 Å². The predicted molar refractivity (Wildman–Crippen MR) is 118 cm³/mol. The molecule has 0 bridgehead atoms. The summed E-state index contributed by atoms with van der Waals surface area (Å²) in [6, 6.07) is 17.2. The Morgan fingerprint density at radius 1 is 0.844 bits per heavy atom. The van der Waals surface area contributed by atoms with Crippen LogP contribution in [0.1, 0.15) is 39.3 Å². The van der Waals surface area contributed by atoms with Gasteiger partial charge in [-0.3, -0.25) is 9.59 Å². The van der Waals surface area contributed by atoms with Crippen LogP contribution in [-0.4, -0.2) is 37.9 Å².